The largest absolute Gasteiger partial charge is 0.352 e. The van der Waals surface area contributed by atoms with Crippen molar-refractivity contribution in [2.24, 2.45) is 0 Å². The van der Waals surface area contributed by atoms with E-state index in [1.54, 1.807) is 0 Å². The number of hydrogen-bond donors (Lipinski definition) is 1. The summed E-state index contributed by atoms with van der Waals surface area (Å²) in [7, 11) is 0. The fraction of sp³-hybridized carbons (Fsp3) is 0.350. The van der Waals surface area contributed by atoms with Crippen molar-refractivity contribution in [1.82, 2.24) is 24.9 Å². The fourth-order valence-corrected chi connectivity index (χ4v) is 3.42. The lowest BCUT2D eigenvalue weighted by molar-refractivity contribution is 0.0952. The summed E-state index contributed by atoms with van der Waals surface area (Å²) in [6.45, 7) is 7.71. The van der Waals surface area contributed by atoms with E-state index in [0.717, 1.165) is 40.1 Å². The zero-order chi connectivity index (χ0) is 20.3. The van der Waals surface area contributed by atoms with Gasteiger partial charge in [-0.1, -0.05) is 23.7 Å². The maximum atomic E-state index is 12.5. The van der Waals surface area contributed by atoms with Crippen molar-refractivity contribution < 1.29 is 4.79 Å². The summed E-state index contributed by atoms with van der Waals surface area (Å²) < 4.78 is 4.74. The maximum absolute atomic E-state index is 12.5. The summed E-state index contributed by atoms with van der Waals surface area (Å²) in [4.78, 5) is 12.5. The van der Waals surface area contributed by atoms with E-state index in [0.29, 0.717) is 23.7 Å². The van der Waals surface area contributed by atoms with E-state index in [9.17, 15) is 4.79 Å². The number of aromatic nitrogens is 4. The smallest absolute Gasteiger partial charge is 0.251 e. The average Bonchev–Trinajstić information content (AvgIpc) is 3.12. The minimum absolute atomic E-state index is 0.0777. The molecule has 0 unspecified atom stereocenters. The Morgan fingerprint density at radius 2 is 2.00 bits per heavy atom. The number of rotatable bonds is 7. The SMILES string of the molecule is Cc1nn(CCCNC(=O)c2cccc(Cn3nc(C)c(Cl)c3C)c2)cc1Br. The molecule has 28 heavy (non-hydrogen) atoms. The van der Waals surface area contributed by atoms with Crippen LogP contribution in [0.15, 0.2) is 34.9 Å². The van der Waals surface area contributed by atoms with Gasteiger partial charge in [-0.05, 0) is 60.8 Å². The van der Waals surface area contributed by atoms with Crippen LogP contribution < -0.4 is 5.32 Å². The Hall–Kier alpha value is -2.12. The highest BCUT2D eigenvalue weighted by Crippen LogP contribution is 2.20. The molecule has 1 amide bonds. The summed E-state index contributed by atoms with van der Waals surface area (Å²) in [5, 5.41) is 12.5. The van der Waals surface area contributed by atoms with E-state index in [2.05, 4.69) is 31.4 Å². The number of hydrogen-bond acceptors (Lipinski definition) is 3. The molecule has 148 valence electrons. The lowest BCUT2D eigenvalue weighted by Gasteiger charge is -2.08. The van der Waals surface area contributed by atoms with Crippen LogP contribution in [0.2, 0.25) is 5.02 Å². The normalized spacial score (nSPS) is 11.0. The lowest BCUT2D eigenvalue weighted by atomic mass is 10.1. The van der Waals surface area contributed by atoms with Gasteiger partial charge in [0.1, 0.15) is 0 Å². The monoisotopic (exact) mass is 463 g/mol. The number of nitrogens with one attached hydrogen (secondary N) is 1. The molecule has 0 saturated heterocycles. The highest BCUT2D eigenvalue weighted by atomic mass is 79.9. The Morgan fingerprint density at radius 3 is 2.64 bits per heavy atom. The molecule has 0 aliphatic carbocycles. The highest BCUT2D eigenvalue weighted by Gasteiger charge is 2.11. The van der Waals surface area contributed by atoms with Gasteiger partial charge in [-0.3, -0.25) is 14.2 Å². The first-order chi connectivity index (χ1) is 13.3. The van der Waals surface area contributed by atoms with Crippen molar-refractivity contribution >= 4 is 33.4 Å². The van der Waals surface area contributed by atoms with E-state index in [4.69, 9.17) is 11.6 Å². The highest BCUT2D eigenvalue weighted by molar-refractivity contribution is 9.10. The van der Waals surface area contributed by atoms with Crippen molar-refractivity contribution in [3.05, 3.63) is 68.2 Å². The molecule has 2 heterocycles. The zero-order valence-corrected chi connectivity index (χ0v) is 18.5. The van der Waals surface area contributed by atoms with Gasteiger partial charge >= 0.3 is 0 Å². The molecule has 1 N–H and O–H groups in total. The average molecular weight is 465 g/mol. The molecule has 2 aromatic heterocycles. The van der Waals surface area contributed by atoms with Crippen LogP contribution in [0, 0.1) is 20.8 Å². The molecular weight excluding hydrogens is 442 g/mol. The predicted octanol–water partition coefficient (Wildman–Crippen LogP) is 4.29. The molecule has 0 spiro atoms. The number of nitrogens with zero attached hydrogens (tertiary/aromatic N) is 4. The Bertz CT molecular complexity index is 975. The van der Waals surface area contributed by atoms with Crippen molar-refractivity contribution in [2.45, 2.75) is 40.3 Å². The second-order valence-electron chi connectivity index (χ2n) is 6.78. The van der Waals surface area contributed by atoms with Gasteiger partial charge in [-0.15, -0.1) is 0 Å². The molecule has 0 saturated carbocycles. The summed E-state index contributed by atoms with van der Waals surface area (Å²) >= 11 is 9.67. The Morgan fingerprint density at radius 1 is 1.21 bits per heavy atom. The van der Waals surface area contributed by atoms with Gasteiger partial charge in [-0.25, -0.2) is 0 Å². The van der Waals surface area contributed by atoms with E-state index >= 15 is 0 Å². The Balaban J connectivity index is 1.55. The van der Waals surface area contributed by atoms with Crippen LogP contribution in [0.25, 0.3) is 0 Å². The second-order valence-corrected chi connectivity index (χ2v) is 8.01. The van der Waals surface area contributed by atoms with Crippen LogP contribution in [0.5, 0.6) is 0 Å². The number of halogens is 2. The van der Waals surface area contributed by atoms with Gasteiger partial charge in [0.05, 0.1) is 33.1 Å². The molecule has 3 aromatic rings. The van der Waals surface area contributed by atoms with Crippen LogP contribution in [-0.2, 0) is 13.1 Å². The molecule has 0 fully saturated rings. The van der Waals surface area contributed by atoms with Crippen molar-refractivity contribution in [2.75, 3.05) is 6.54 Å². The third-order valence-corrected chi connectivity index (χ3v) is 5.88. The molecular formula is C20H23BrClN5O. The molecule has 0 atom stereocenters. The first kappa shape index (κ1) is 20.6. The number of carbonyl (C=O) groups excluding carboxylic acids is 1. The number of benzene rings is 1. The van der Waals surface area contributed by atoms with E-state index in [1.165, 1.54) is 0 Å². The number of amides is 1. The van der Waals surface area contributed by atoms with Crippen LogP contribution >= 0.6 is 27.5 Å². The summed E-state index contributed by atoms with van der Waals surface area (Å²) in [6, 6.07) is 7.59. The molecule has 0 bridgehead atoms. The second kappa shape index (κ2) is 8.92. The first-order valence-electron chi connectivity index (χ1n) is 9.11. The minimum Gasteiger partial charge on any atom is -0.352 e. The van der Waals surface area contributed by atoms with E-state index in [-0.39, 0.29) is 5.91 Å². The summed E-state index contributed by atoms with van der Waals surface area (Å²) in [5.41, 5.74) is 4.35. The van der Waals surface area contributed by atoms with Gasteiger partial charge in [0.25, 0.3) is 5.91 Å². The van der Waals surface area contributed by atoms with Crippen LogP contribution in [-0.4, -0.2) is 32.0 Å². The molecule has 0 aliphatic heterocycles. The van der Waals surface area contributed by atoms with Crippen LogP contribution in [0.4, 0.5) is 0 Å². The third-order valence-electron chi connectivity index (χ3n) is 4.55. The molecule has 8 heteroatoms. The van der Waals surface area contributed by atoms with Gasteiger partial charge in [-0.2, -0.15) is 10.2 Å². The summed E-state index contributed by atoms with van der Waals surface area (Å²) in [5.74, 6) is -0.0777. The molecule has 0 aliphatic rings. The molecule has 6 nitrogen and oxygen atoms in total. The first-order valence-corrected chi connectivity index (χ1v) is 10.3. The molecule has 1 aromatic carbocycles. The van der Waals surface area contributed by atoms with E-state index < -0.39 is 0 Å². The van der Waals surface area contributed by atoms with Gasteiger partial charge in [0, 0.05) is 24.8 Å². The number of aryl methyl sites for hydroxylation is 3. The standard InChI is InChI=1S/C20H23BrClN5O/c1-13-18(21)12-26(24-13)9-5-8-23-20(28)17-7-4-6-16(10-17)11-27-15(3)19(22)14(2)25-27/h4,6-7,10,12H,5,8-9,11H2,1-3H3,(H,23,28). The van der Waals surface area contributed by atoms with E-state index in [1.807, 2.05) is 60.6 Å². The summed E-state index contributed by atoms with van der Waals surface area (Å²) in [6.07, 6.45) is 2.76. The molecule has 0 radical (unpaired) electrons. The number of carbonyl (C=O) groups is 1. The van der Waals surface area contributed by atoms with Gasteiger partial charge in [0.2, 0.25) is 0 Å². The van der Waals surface area contributed by atoms with Crippen molar-refractivity contribution in [1.29, 1.82) is 0 Å². The zero-order valence-electron chi connectivity index (χ0n) is 16.2. The lowest BCUT2D eigenvalue weighted by Crippen LogP contribution is -2.25. The Kier molecular flexibility index (Phi) is 6.57. The van der Waals surface area contributed by atoms with Crippen molar-refractivity contribution in [3.63, 3.8) is 0 Å². The maximum Gasteiger partial charge on any atom is 0.251 e. The van der Waals surface area contributed by atoms with Crippen LogP contribution in [0.1, 0.15) is 39.4 Å². The third kappa shape index (κ3) is 4.83. The topological polar surface area (TPSA) is 64.7 Å². The minimum atomic E-state index is -0.0777. The van der Waals surface area contributed by atoms with Gasteiger partial charge in [0.15, 0.2) is 0 Å². The predicted molar refractivity (Wildman–Crippen MR) is 114 cm³/mol. The quantitative estimate of drug-likeness (QED) is 0.531. The molecule has 3 rings (SSSR count). The van der Waals surface area contributed by atoms with Crippen LogP contribution in [0.3, 0.4) is 0 Å². The van der Waals surface area contributed by atoms with Crippen molar-refractivity contribution in [3.8, 4) is 0 Å². The Labute approximate surface area is 178 Å². The van der Waals surface area contributed by atoms with Gasteiger partial charge < -0.3 is 5.32 Å². The fourth-order valence-electron chi connectivity index (χ4n) is 2.97.